The third-order valence-corrected chi connectivity index (χ3v) is 6.06. The monoisotopic (exact) mass is 503 g/mol. The van der Waals surface area contributed by atoms with Gasteiger partial charge in [-0.3, -0.25) is 4.79 Å². The summed E-state index contributed by atoms with van der Waals surface area (Å²) in [7, 11) is 2.07. The van der Waals surface area contributed by atoms with Crippen LogP contribution in [0.2, 0.25) is 10.0 Å². The Labute approximate surface area is 206 Å². The van der Waals surface area contributed by atoms with Gasteiger partial charge in [-0.2, -0.15) is 4.98 Å². The van der Waals surface area contributed by atoms with Crippen molar-refractivity contribution in [3.63, 3.8) is 0 Å². The van der Waals surface area contributed by atoms with Gasteiger partial charge in [-0.25, -0.2) is 4.79 Å². The van der Waals surface area contributed by atoms with Crippen LogP contribution in [0.1, 0.15) is 23.2 Å². The number of oxazole rings is 1. The van der Waals surface area contributed by atoms with Crippen molar-refractivity contribution < 1.29 is 18.7 Å². The molecule has 0 atom stereocenters. The average molecular weight is 504 g/mol. The van der Waals surface area contributed by atoms with Crippen LogP contribution in [-0.2, 0) is 0 Å². The largest absolute Gasteiger partial charge is 0.416 e. The Morgan fingerprint density at radius 1 is 1.12 bits per heavy atom. The predicted molar refractivity (Wildman–Crippen MR) is 130 cm³/mol. The number of halogens is 2. The summed E-state index contributed by atoms with van der Waals surface area (Å²) < 4.78 is 10.7. The molecule has 0 aliphatic carbocycles. The van der Waals surface area contributed by atoms with Gasteiger partial charge in [0.25, 0.3) is 17.7 Å². The molecule has 4 N–H and O–H groups in total. The van der Waals surface area contributed by atoms with E-state index < -0.39 is 6.09 Å². The number of nitrogens with two attached hydrogens (primary N) is 1. The number of nitrogens with one attached hydrogen (secondary N) is 2. The summed E-state index contributed by atoms with van der Waals surface area (Å²) in [6.07, 6.45) is 0.788. The fraction of sp³-hybridized carbons (Fsp3) is 0.261. The fourth-order valence-corrected chi connectivity index (χ4v) is 4.18. The molecule has 0 unspecified atom stereocenters. The first-order valence-corrected chi connectivity index (χ1v) is 11.3. The number of benzene rings is 2. The first-order valence-electron chi connectivity index (χ1n) is 10.6. The molecule has 2 amide bonds. The predicted octanol–water partition coefficient (Wildman–Crippen LogP) is 4.67. The quantitative estimate of drug-likeness (QED) is 0.446. The first kappa shape index (κ1) is 23.9. The number of nitrogens with zero attached hydrogens (tertiary/aromatic N) is 2. The molecule has 9 nitrogen and oxygen atoms in total. The molecule has 4 rings (SSSR count). The van der Waals surface area contributed by atoms with Crippen molar-refractivity contribution in [1.29, 1.82) is 0 Å². The van der Waals surface area contributed by atoms with Crippen LogP contribution >= 0.6 is 23.2 Å². The van der Waals surface area contributed by atoms with E-state index in [2.05, 4.69) is 27.6 Å². The van der Waals surface area contributed by atoms with Crippen LogP contribution in [0.15, 0.2) is 46.9 Å². The average Bonchev–Trinajstić information content (AvgIpc) is 3.16. The minimum Gasteiger partial charge on any atom is -0.416 e. The molecule has 0 radical (unpaired) electrons. The van der Waals surface area contributed by atoms with Crippen LogP contribution in [-0.4, -0.2) is 48.1 Å². The van der Waals surface area contributed by atoms with Gasteiger partial charge in [0.2, 0.25) is 5.89 Å². The van der Waals surface area contributed by atoms with Crippen molar-refractivity contribution in [3.8, 4) is 17.3 Å². The van der Waals surface area contributed by atoms with E-state index in [4.69, 9.17) is 38.1 Å². The number of primary amides is 1. The fourth-order valence-electron chi connectivity index (χ4n) is 3.62. The van der Waals surface area contributed by atoms with Gasteiger partial charge in [-0.1, -0.05) is 29.3 Å². The normalized spacial score (nSPS) is 14.6. The van der Waals surface area contributed by atoms with Crippen LogP contribution in [0.3, 0.4) is 0 Å². The van der Waals surface area contributed by atoms with Gasteiger partial charge in [0, 0.05) is 17.3 Å². The molecule has 34 heavy (non-hydrogen) atoms. The minimum absolute atomic E-state index is 0.0216. The minimum atomic E-state index is -1.06. The maximum atomic E-state index is 12.6. The number of carbonyl (C=O) groups excluding carboxylic acids is 2. The van der Waals surface area contributed by atoms with E-state index >= 15 is 0 Å². The molecule has 0 spiro atoms. The number of piperidine rings is 1. The molecule has 1 saturated heterocycles. The third kappa shape index (κ3) is 5.61. The summed E-state index contributed by atoms with van der Waals surface area (Å²) in [5.74, 6) is -0.242. The summed E-state index contributed by atoms with van der Waals surface area (Å²) >= 11 is 12.5. The second-order valence-electron chi connectivity index (χ2n) is 7.92. The van der Waals surface area contributed by atoms with E-state index in [-0.39, 0.29) is 29.6 Å². The van der Waals surface area contributed by atoms with Gasteiger partial charge in [0.15, 0.2) is 0 Å². The molecule has 1 fully saturated rings. The molecule has 2 heterocycles. The Hall–Kier alpha value is -3.27. The Morgan fingerprint density at radius 3 is 2.38 bits per heavy atom. The van der Waals surface area contributed by atoms with Crippen LogP contribution in [0.5, 0.6) is 5.88 Å². The van der Waals surface area contributed by atoms with E-state index in [1.54, 1.807) is 42.5 Å². The van der Waals surface area contributed by atoms with Crippen molar-refractivity contribution in [2.45, 2.75) is 18.9 Å². The van der Waals surface area contributed by atoms with Gasteiger partial charge in [-0.15, -0.1) is 0 Å². The molecule has 11 heteroatoms. The summed E-state index contributed by atoms with van der Waals surface area (Å²) in [5, 5.41) is 6.67. The maximum Gasteiger partial charge on any atom is 0.411 e. The third-order valence-electron chi connectivity index (χ3n) is 5.43. The highest BCUT2D eigenvalue weighted by Crippen LogP contribution is 2.39. The number of likely N-dealkylation sites (tertiary alicyclic amines) is 1. The van der Waals surface area contributed by atoms with Crippen molar-refractivity contribution in [2.75, 3.05) is 25.5 Å². The molecule has 1 aliphatic heterocycles. The second-order valence-corrected chi connectivity index (χ2v) is 8.74. The Bertz CT molecular complexity index is 1170. The van der Waals surface area contributed by atoms with Gasteiger partial charge < -0.3 is 30.4 Å². The summed E-state index contributed by atoms with van der Waals surface area (Å²) in [4.78, 5) is 30.3. The highest BCUT2D eigenvalue weighted by Gasteiger charge is 2.22. The molecule has 1 aliphatic rings. The lowest BCUT2D eigenvalue weighted by Crippen LogP contribution is -2.43. The number of carbonyl (C=O) groups is 2. The zero-order valence-electron chi connectivity index (χ0n) is 18.3. The van der Waals surface area contributed by atoms with Gasteiger partial charge in [0.1, 0.15) is 0 Å². The van der Waals surface area contributed by atoms with E-state index in [1.165, 1.54) is 0 Å². The highest BCUT2D eigenvalue weighted by atomic mass is 35.5. The maximum absolute atomic E-state index is 12.6. The number of aromatic nitrogens is 1. The van der Waals surface area contributed by atoms with Crippen molar-refractivity contribution in [1.82, 2.24) is 15.2 Å². The molecule has 1 aromatic heterocycles. The molecule has 3 aromatic rings. The molecule has 2 aromatic carbocycles. The lowest BCUT2D eigenvalue weighted by atomic mass is 10.0. The molecule has 0 bridgehead atoms. The van der Waals surface area contributed by atoms with Crippen molar-refractivity contribution in [2.24, 2.45) is 5.73 Å². The number of hydrogen-bond acceptors (Lipinski definition) is 7. The van der Waals surface area contributed by atoms with E-state index in [0.717, 1.165) is 25.9 Å². The number of anilines is 2. The van der Waals surface area contributed by atoms with Crippen LogP contribution in [0.4, 0.5) is 16.4 Å². The summed E-state index contributed by atoms with van der Waals surface area (Å²) in [5.41, 5.74) is 6.60. The number of rotatable bonds is 6. The van der Waals surface area contributed by atoms with Gasteiger partial charge in [0.05, 0.1) is 15.6 Å². The molecular weight excluding hydrogens is 481 g/mol. The van der Waals surface area contributed by atoms with Crippen molar-refractivity contribution in [3.05, 3.63) is 58.1 Å². The Balaban J connectivity index is 1.51. The lowest BCUT2D eigenvalue weighted by Gasteiger charge is -2.29. The number of amides is 2. The number of hydrogen-bond donors (Lipinski definition) is 3. The van der Waals surface area contributed by atoms with E-state index in [1.807, 2.05) is 0 Å². The highest BCUT2D eigenvalue weighted by molar-refractivity contribution is 6.38. The van der Waals surface area contributed by atoms with Crippen LogP contribution in [0.25, 0.3) is 11.5 Å². The molecule has 178 valence electrons. The Morgan fingerprint density at radius 2 is 1.76 bits per heavy atom. The van der Waals surface area contributed by atoms with E-state index in [9.17, 15) is 9.59 Å². The summed E-state index contributed by atoms with van der Waals surface area (Å²) in [6.45, 7) is 1.92. The zero-order valence-corrected chi connectivity index (χ0v) is 19.8. The summed E-state index contributed by atoms with van der Waals surface area (Å²) in [6, 6.07) is 11.9. The topological polar surface area (TPSA) is 123 Å². The van der Waals surface area contributed by atoms with Crippen LogP contribution < -0.4 is 21.1 Å². The number of ether oxygens (including phenoxy) is 1. The van der Waals surface area contributed by atoms with Gasteiger partial charge in [-0.05, 0) is 69.4 Å². The standard InChI is InChI=1S/C23H23Cl2N5O4/c1-30-11-9-15(10-12-30)27-19(31)13-5-7-14(8-6-13)28-21-22(34-23(26)32)29-20(33-21)18-16(24)3-2-4-17(18)25/h2-8,15,28H,9-12H2,1H3,(H2,26,32)(H,27,31). The van der Waals surface area contributed by atoms with E-state index in [0.29, 0.717) is 26.9 Å². The van der Waals surface area contributed by atoms with Gasteiger partial charge >= 0.3 is 6.09 Å². The zero-order chi connectivity index (χ0) is 24.2. The second kappa shape index (κ2) is 10.3. The molecule has 0 saturated carbocycles. The lowest BCUT2D eigenvalue weighted by molar-refractivity contribution is 0.0917. The Kier molecular flexibility index (Phi) is 7.26. The SMILES string of the molecule is CN1CCC(NC(=O)c2ccc(Nc3oc(-c4c(Cl)cccc4Cl)nc3OC(N)=O)cc2)CC1. The smallest absolute Gasteiger partial charge is 0.411 e. The van der Waals surface area contributed by atoms with Crippen molar-refractivity contribution >= 4 is 46.8 Å². The first-order chi connectivity index (χ1) is 16.3. The molecular formula is C23H23Cl2N5O4. The van der Waals surface area contributed by atoms with Crippen LogP contribution in [0, 0.1) is 0 Å².